The lowest BCUT2D eigenvalue weighted by molar-refractivity contribution is -0.384. The molecule has 2 aromatic carbocycles. The molecule has 8 heteroatoms. The summed E-state index contributed by atoms with van der Waals surface area (Å²) < 4.78 is 5.84. The van der Waals surface area contributed by atoms with E-state index in [1.165, 1.54) is 24.3 Å². The number of nitrogens with zero attached hydrogens (tertiary/aromatic N) is 1. The smallest absolute Gasteiger partial charge is 0.338 e. The molecule has 0 bridgehead atoms. The van der Waals surface area contributed by atoms with Crippen LogP contribution >= 0.6 is 15.9 Å². The van der Waals surface area contributed by atoms with E-state index >= 15 is 0 Å². The number of anilines is 1. The van der Waals surface area contributed by atoms with Gasteiger partial charge in [-0.25, -0.2) is 4.79 Å². The number of hydrogen-bond donors (Lipinski definition) is 1. The molecule has 0 saturated carbocycles. The van der Waals surface area contributed by atoms with Crippen LogP contribution < -0.4 is 5.32 Å². The van der Waals surface area contributed by atoms with E-state index in [2.05, 4.69) is 21.2 Å². The number of aryl methyl sites for hydroxylation is 1. The Morgan fingerprint density at radius 3 is 2.48 bits per heavy atom. The fourth-order valence-corrected chi connectivity index (χ4v) is 2.51. The fourth-order valence-electron chi connectivity index (χ4n) is 2.10. The molecule has 0 heterocycles. The Morgan fingerprint density at radius 1 is 1.20 bits per heavy atom. The van der Waals surface area contributed by atoms with Gasteiger partial charge in [0, 0.05) is 22.3 Å². The van der Waals surface area contributed by atoms with Crippen LogP contribution in [0.2, 0.25) is 0 Å². The Hall–Kier alpha value is -2.74. The molecule has 0 atom stereocenters. The molecule has 0 saturated heterocycles. The SMILES string of the molecule is CCc1cc(Br)ccc1NC(=O)COC(=O)c1ccc([N+](=O)[O-])cc1. The third-order valence-electron chi connectivity index (χ3n) is 3.37. The molecule has 0 aliphatic rings. The predicted molar refractivity (Wildman–Crippen MR) is 95.5 cm³/mol. The number of nitro groups is 1. The third kappa shape index (κ3) is 5.12. The molecule has 0 unspecified atom stereocenters. The van der Waals surface area contributed by atoms with Crippen LogP contribution in [0.1, 0.15) is 22.8 Å². The Labute approximate surface area is 152 Å². The van der Waals surface area contributed by atoms with E-state index in [1.54, 1.807) is 12.1 Å². The molecular formula is C17H15BrN2O5. The molecule has 7 nitrogen and oxygen atoms in total. The van der Waals surface area contributed by atoms with Crippen molar-refractivity contribution in [3.63, 3.8) is 0 Å². The van der Waals surface area contributed by atoms with E-state index < -0.39 is 23.4 Å². The molecular weight excluding hydrogens is 392 g/mol. The number of carbonyl (C=O) groups excluding carboxylic acids is 2. The van der Waals surface area contributed by atoms with Gasteiger partial charge in [-0.3, -0.25) is 14.9 Å². The number of rotatable bonds is 6. The average molecular weight is 407 g/mol. The van der Waals surface area contributed by atoms with Gasteiger partial charge in [0.25, 0.3) is 11.6 Å². The van der Waals surface area contributed by atoms with Crippen molar-refractivity contribution in [3.05, 3.63) is 68.2 Å². The summed E-state index contributed by atoms with van der Waals surface area (Å²) in [7, 11) is 0. The second kappa shape index (κ2) is 8.39. The number of carbonyl (C=O) groups is 2. The first-order valence-electron chi connectivity index (χ1n) is 7.40. The molecule has 2 aromatic rings. The summed E-state index contributed by atoms with van der Waals surface area (Å²) >= 11 is 3.37. The van der Waals surface area contributed by atoms with Crippen molar-refractivity contribution in [2.75, 3.05) is 11.9 Å². The summed E-state index contributed by atoms with van der Waals surface area (Å²) in [4.78, 5) is 33.8. The number of ether oxygens (including phenoxy) is 1. The number of halogens is 1. The van der Waals surface area contributed by atoms with Gasteiger partial charge in [-0.15, -0.1) is 0 Å². The highest BCUT2D eigenvalue weighted by Crippen LogP contribution is 2.21. The van der Waals surface area contributed by atoms with Crippen LogP contribution in [0, 0.1) is 10.1 Å². The zero-order valence-electron chi connectivity index (χ0n) is 13.3. The summed E-state index contributed by atoms with van der Waals surface area (Å²) in [5, 5.41) is 13.3. The molecule has 0 aliphatic heterocycles. The molecule has 1 amide bonds. The second-order valence-corrected chi connectivity index (χ2v) is 6.00. The van der Waals surface area contributed by atoms with Crippen LogP contribution in [0.15, 0.2) is 46.9 Å². The monoisotopic (exact) mass is 406 g/mol. The van der Waals surface area contributed by atoms with Gasteiger partial charge in [-0.05, 0) is 42.3 Å². The highest BCUT2D eigenvalue weighted by atomic mass is 79.9. The second-order valence-electron chi connectivity index (χ2n) is 5.08. The lowest BCUT2D eigenvalue weighted by atomic mass is 10.1. The number of hydrogen-bond acceptors (Lipinski definition) is 5. The quantitative estimate of drug-likeness (QED) is 0.447. The maximum absolute atomic E-state index is 12.0. The van der Waals surface area contributed by atoms with Gasteiger partial charge in [-0.2, -0.15) is 0 Å². The van der Waals surface area contributed by atoms with Gasteiger partial charge in [0.2, 0.25) is 0 Å². The molecule has 25 heavy (non-hydrogen) atoms. The van der Waals surface area contributed by atoms with Crippen molar-refractivity contribution >= 4 is 39.2 Å². The van der Waals surface area contributed by atoms with Crippen LogP contribution in [-0.2, 0) is 16.0 Å². The van der Waals surface area contributed by atoms with E-state index in [-0.39, 0.29) is 11.3 Å². The first-order chi connectivity index (χ1) is 11.9. The normalized spacial score (nSPS) is 10.2. The van der Waals surface area contributed by atoms with Crippen LogP contribution in [0.25, 0.3) is 0 Å². The largest absolute Gasteiger partial charge is 0.452 e. The van der Waals surface area contributed by atoms with Crippen LogP contribution in [0.5, 0.6) is 0 Å². The van der Waals surface area contributed by atoms with E-state index in [1.807, 2.05) is 13.0 Å². The number of nitro benzene ring substituents is 1. The Bertz CT molecular complexity index is 805. The number of amides is 1. The zero-order valence-corrected chi connectivity index (χ0v) is 14.9. The summed E-state index contributed by atoms with van der Waals surface area (Å²) in [5.41, 5.74) is 1.61. The average Bonchev–Trinajstić information content (AvgIpc) is 2.61. The van der Waals surface area contributed by atoms with E-state index in [0.29, 0.717) is 5.69 Å². The predicted octanol–water partition coefficient (Wildman–Crippen LogP) is 3.72. The van der Waals surface area contributed by atoms with Gasteiger partial charge in [-0.1, -0.05) is 22.9 Å². The maximum atomic E-state index is 12.0. The summed E-state index contributed by atoms with van der Waals surface area (Å²) in [6.07, 6.45) is 0.734. The van der Waals surface area contributed by atoms with E-state index in [4.69, 9.17) is 4.74 Å². The molecule has 0 fully saturated rings. The molecule has 0 aliphatic carbocycles. The molecule has 2 rings (SSSR count). The molecule has 0 radical (unpaired) electrons. The molecule has 0 spiro atoms. The topological polar surface area (TPSA) is 98.5 Å². The van der Waals surface area contributed by atoms with E-state index in [9.17, 15) is 19.7 Å². The third-order valence-corrected chi connectivity index (χ3v) is 3.86. The van der Waals surface area contributed by atoms with Crippen molar-refractivity contribution in [1.82, 2.24) is 0 Å². The van der Waals surface area contributed by atoms with Crippen molar-refractivity contribution in [2.24, 2.45) is 0 Å². The molecule has 1 N–H and O–H groups in total. The van der Waals surface area contributed by atoms with Gasteiger partial charge < -0.3 is 10.1 Å². The minimum atomic E-state index is -0.725. The molecule has 0 aromatic heterocycles. The maximum Gasteiger partial charge on any atom is 0.338 e. The van der Waals surface area contributed by atoms with Crippen molar-refractivity contribution in [1.29, 1.82) is 0 Å². The number of non-ortho nitro benzene ring substituents is 1. The fraction of sp³-hybridized carbons (Fsp3) is 0.176. The Balaban J connectivity index is 1.93. The summed E-state index contributed by atoms with van der Waals surface area (Å²) in [6.45, 7) is 1.51. The highest BCUT2D eigenvalue weighted by Gasteiger charge is 2.13. The minimum absolute atomic E-state index is 0.128. The van der Waals surface area contributed by atoms with Gasteiger partial charge in [0.05, 0.1) is 10.5 Å². The van der Waals surface area contributed by atoms with Gasteiger partial charge in [0.15, 0.2) is 6.61 Å². The van der Waals surface area contributed by atoms with Gasteiger partial charge in [0.1, 0.15) is 0 Å². The van der Waals surface area contributed by atoms with Crippen LogP contribution in [-0.4, -0.2) is 23.4 Å². The van der Waals surface area contributed by atoms with E-state index in [0.717, 1.165) is 16.5 Å². The Morgan fingerprint density at radius 2 is 1.88 bits per heavy atom. The summed E-state index contributed by atoms with van der Waals surface area (Å²) in [6, 6.07) is 10.4. The van der Waals surface area contributed by atoms with Crippen LogP contribution in [0.3, 0.4) is 0 Å². The first kappa shape index (κ1) is 18.6. The standard InChI is InChI=1S/C17H15BrN2O5/c1-2-11-9-13(18)5-8-15(11)19-16(21)10-25-17(22)12-3-6-14(7-4-12)20(23)24/h3-9H,2,10H2,1H3,(H,19,21). The van der Waals surface area contributed by atoms with Crippen molar-refractivity contribution in [2.45, 2.75) is 13.3 Å². The zero-order chi connectivity index (χ0) is 18.4. The van der Waals surface area contributed by atoms with Crippen LogP contribution in [0.4, 0.5) is 11.4 Å². The number of benzene rings is 2. The minimum Gasteiger partial charge on any atom is -0.452 e. The first-order valence-corrected chi connectivity index (χ1v) is 8.20. The van der Waals surface area contributed by atoms with Crippen molar-refractivity contribution in [3.8, 4) is 0 Å². The van der Waals surface area contributed by atoms with Gasteiger partial charge >= 0.3 is 5.97 Å². The number of esters is 1. The summed E-state index contributed by atoms with van der Waals surface area (Å²) in [5.74, 6) is -1.19. The highest BCUT2D eigenvalue weighted by molar-refractivity contribution is 9.10. The number of nitrogens with one attached hydrogen (secondary N) is 1. The Kier molecular flexibility index (Phi) is 6.24. The van der Waals surface area contributed by atoms with Crippen molar-refractivity contribution < 1.29 is 19.2 Å². The lowest BCUT2D eigenvalue weighted by Crippen LogP contribution is -2.21. The lowest BCUT2D eigenvalue weighted by Gasteiger charge is -2.10. The molecule has 130 valence electrons.